The van der Waals surface area contributed by atoms with Crippen molar-refractivity contribution in [2.75, 3.05) is 0 Å². The Morgan fingerprint density at radius 2 is 1.65 bits per heavy atom. The predicted molar refractivity (Wildman–Crippen MR) is 79.7 cm³/mol. The van der Waals surface area contributed by atoms with Gasteiger partial charge in [0.2, 0.25) is 0 Å². The Bertz CT molecular complexity index is 232. The van der Waals surface area contributed by atoms with Crippen molar-refractivity contribution in [2.24, 2.45) is 0 Å². The van der Waals surface area contributed by atoms with Crippen molar-refractivity contribution in [2.45, 2.75) is 84.0 Å². The van der Waals surface area contributed by atoms with Crippen LogP contribution in [0.25, 0.3) is 0 Å². The van der Waals surface area contributed by atoms with Crippen molar-refractivity contribution in [1.29, 1.82) is 0 Å². The van der Waals surface area contributed by atoms with Gasteiger partial charge < -0.3 is 4.43 Å². The number of hydrogen-bond acceptors (Lipinski definition) is 1. The Kier molecular flexibility index (Phi) is 7.82. The molecule has 1 atom stereocenters. The molecule has 0 aliphatic rings. The topological polar surface area (TPSA) is 9.23 Å². The molecule has 1 nitrogen and oxygen atoms in total. The summed E-state index contributed by atoms with van der Waals surface area (Å²) in [6, 6.07) is 3.60. The molecule has 0 bridgehead atoms. The molecular formula is C15H30OSi. The lowest BCUT2D eigenvalue weighted by molar-refractivity contribution is 0.0688. The molecule has 0 spiro atoms. The molecule has 0 amide bonds. The van der Waals surface area contributed by atoms with Crippen LogP contribution in [0.5, 0.6) is 0 Å². The van der Waals surface area contributed by atoms with E-state index in [0.29, 0.717) is 0 Å². The largest absolute Gasteiger partial charge is 0.411 e. The van der Waals surface area contributed by atoms with E-state index >= 15 is 0 Å². The van der Waals surface area contributed by atoms with Crippen molar-refractivity contribution < 1.29 is 4.43 Å². The fraction of sp³-hybridized carbons (Fsp3) is 0.867. The van der Waals surface area contributed by atoms with Gasteiger partial charge in [-0.25, -0.2) is 0 Å². The van der Waals surface area contributed by atoms with Gasteiger partial charge in [0.05, 0.1) is 5.60 Å². The van der Waals surface area contributed by atoms with Crippen LogP contribution in [0.3, 0.4) is 0 Å². The molecule has 0 aliphatic heterocycles. The highest BCUT2D eigenvalue weighted by Gasteiger charge is 2.37. The van der Waals surface area contributed by atoms with Crippen LogP contribution in [0.1, 0.15) is 60.3 Å². The van der Waals surface area contributed by atoms with Crippen LogP contribution in [0, 0.1) is 12.3 Å². The zero-order valence-corrected chi connectivity index (χ0v) is 13.4. The summed E-state index contributed by atoms with van der Waals surface area (Å²) in [4.78, 5) is 0. The Morgan fingerprint density at radius 1 is 1.12 bits per heavy atom. The number of terminal acetylenes is 1. The zero-order chi connectivity index (χ0) is 13.4. The highest BCUT2D eigenvalue weighted by atomic mass is 28.4. The summed E-state index contributed by atoms with van der Waals surface area (Å²) in [5.74, 6) is 2.81. The van der Waals surface area contributed by atoms with Gasteiger partial charge in [0.1, 0.15) is 0 Å². The lowest BCUT2D eigenvalue weighted by Crippen LogP contribution is -2.45. The second-order valence-electron chi connectivity index (χ2n) is 5.28. The number of rotatable bonds is 9. The molecule has 100 valence electrons. The van der Waals surface area contributed by atoms with Crippen molar-refractivity contribution in [3.63, 3.8) is 0 Å². The number of hydrogen-bond donors (Lipinski definition) is 0. The van der Waals surface area contributed by atoms with E-state index in [4.69, 9.17) is 10.8 Å². The second-order valence-corrected chi connectivity index (χ2v) is 9.97. The molecule has 0 aromatic carbocycles. The van der Waals surface area contributed by atoms with E-state index in [9.17, 15) is 0 Å². The summed E-state index contributed by atoms with van der Waals surface area (Å²) in [6.07, 6.45) is 9.79. The molecule has 0 aromatic rings. The highest BCUT2D eigenvalue weighted by molar-refractivity contribution is 6.73. The number of unbranched alkanes of at least 4 members (excludes halogenated alkanes) is 1. The van der Waals surface area contributed by atoms with E-state index in [1.165, 1.54) is 31.0 Å². The lowest BCUT2D eigenvalue weighted by Gasteiger charge is -2.40. The van der Waals surface area contributed by atoms with Crippen LogP contribution >= 0.6 is 0 Å². The third kappa shape index (κ3) is 5.27. The van der Waals surface area contributed by atoms with Gasteiger partial charge in [-0.05, 0) is 31.5 Å². The van der Waals surface area contributed by atoms with Crippen molar-refractivity contribution in [3.8, 4) is 12.3 Å². The molecule has 0 saturated heterocycles. The molecule has 0 rings (SSSR count). The third-order valence-corrected chi connectivity index (χ3v) is 8.72. The van der Waals surface area contributed by atoms with Gasteiger partial charge in [-0.3, -0.25) is 0 Å². The van der Waals surface area contributed by atoms with Gasteiger partial charge in [0.15, 0.2) is 8.32 Å². The summed E-state index contributed by atoms with van der Waals surface area (Å²) in [6.45, 7) is 11.3. The highest BCUT2D eigenvalue weighted by Crippen LogP contribution is 2.32. The van der Waals surface area contributed by atoms with Crippen LogP contribution in [0.15, 0.2) is 0 Å². The molecule has 0 fully saturated rings. The maximum atomic E-state index is 6.61. The second kappa shape index (κ2) is 7.95. The fourth-order valence-corrected chi connectivity index (χ4v) is 5.58. The van der Waals surface area contributed by atoms with Crippen LogP contribution in [-0.2, 0) is 4.43 Å². The molecule has 0 aromatic heterocycles. The molecule has 0 N–H and O–H groups in total. The Balaban J connectivity index is 4.76. The monoisotopic (exact) mass is 254 g/mol. The first-order chi connectivity index (χ1) is 8.01. The van der Waals surface area contributed by atoms with E-state index in [1.54, 1.807) is 0 Å². The first-order valence-electron chi connectivity index (χ1n) is 7.15. The van der Waals surface area contributed by atoms with Gasteiger partial charge in [-0.1, -0.05) is 40.5 Å². The summed E-state index contributed by atoms with van der Waals surface area (Å²) in [7, 11) is -1.54. The van der Waals surface area contributed by atoms with E-state index in [-0.39, 0.29) is 5.60 Å². The first-order valence-corrected chi connectivity index (χ1v) is 9.68. The SMILES string of the molecule is C#CC[C@](C)(CCCC)O[Si](CC)(CC)CC. The van der Waals surface area contributed by atoms with E-state index in [2.05, 4.69) is 40.5 Å². The first kappa shape index (κ1) is 16.7. The molecule has 0 saturated carbocycles. The van der Waals surface area contributed by atoms with Gasteiger partial charge in [-0.15, -0.1) is 12.3 Å². The van der Waals surface area contributed by atoms with Crippen molar-refractivity contribution >= 4 is 8.32 Å². The Labute approximate surface area is 109 Å². The van der Waals surface area contributed by atoms with Crippen LogP contribution < -0.4 is 0 Å². The van der Waals surface area contributed by atoms with Crippen molar-refractivity contribution in [3.05, 3.63) is 0 Å². The molecule has 17 heavy (non-hydrogen) atoms. The maximum absolute atomic E-state index is 6.61. The Morgan fingerprint density at radius 3 is 2.00 bits per heavy atom. The van der Waals surface area contributed by atoms with Gasteiger partial charge in [-0.2, -0.15) is 0 Å². The van der Waals surface area contributed by atoms with E-state index < -0.39 is 8.32 Å². The lowest BCUT2D eigenvalue weighted by atomic mass is 9.96. The average Bonchev–Trinajstić information content (AvgIpc) is 2.34. The van der Waals surface area contributed by atoms with E-state index in [0.717, 1.165) is 12.8 Å². The predicted octanol–water partition coefficient (Wildman–Crippen LogP) is 4.98. The van der Waals surface area contributed by atoms with Crippen LogP contribution in [0.2, 0.25) is 18.1 Å². The molecular weight excluding hydrogens is 224 g/mol. The van der Waals surface area contributed by atoms with Gasteiger partial charge in [0.25, 0.3) is 0 Å². The summed E-state index contributed by atoms with van der Waals surface area (Å²) >= 11 is 0. The molecule has 0 aliphatic carbocycles. The van der Waals surface area contributed by atoms with E-state index in [1.807, 2.05) is 0 Å². The van der Waals surface area contributed by atoms with Gasteiger partial charge >= 0.3 is 0 Å². The zero-order valence-electron chi connectivity index (χ0n) is 12.4. The summed E-state index contributed by atoms with van der Waals surface area (Å²) in [5, 5.41) is 0. The summed E-state index contributed by atoms with van der Waals surface area (Å²) in [5.41, 5.74) is -0.0843. The smallest absolute Gasteiger partial charge is 0.192 e. The minimum Gasteiger partial charge on any atom is -0.411 e. The van der Waals surface area contributed by atoms with Crippen LogP contribution in [-0.4, -0.2) is 13.9 Å². The molecule has 0 heterocycles. The fourth-order valence-electron chi connectivity index (χ4n) is 2.43. The standard InChI is InChI=1S/C15H30OSi/c1-7-12-14-15(6,13-8-2)16-17(9-3,10-4)11-5/h2H,7,9-14H2,1,3-6H3/t15-/m1/s1. The molecule has 0 unspecified atom stereocenters. The minimum absolute atomic E-state index is 0.0843. The quantitative estimate of drug-likeness (QED) is 0.416. The molecule has 2 heteroatoms. The summed E-state index contributed by atoms with van der Waals surface area (Å²) < 4.78 is 6.61. The normalized spacial score (nSPS) is 15.3. The average molecular weight is 254 g/mol. The van der Waals surface area contributed by atoms with Gasteiger partial charge in [0, 0.05) is 6.42 Å². The maximum Gasteiger partial charge on any atom is 0.192 e. The van der Waals surface area contributed by atoms with Crippen molar-refractivity contribution in [1.82, 2.24) is 0 Å². The minimum atomic E-state index is -1.54. The Hall–Kier alpha value is -0.263. The van der Waals surface area contributed by atoms with Crippen LogP contribution in [0.4, 0.5) is 0 Å². The third-order valence-electron chi connectivity index (χ3n) is 3.93. The molecule has 0 radical (unpaired) electrons.